The van der Waals surface area contributed by atoms with E-state index < -0.39 is 101 Å². The number of rotatable bonds is 19. The fraction of sp³-hybridized carbons (Fsp3) is 0.180. The van der Waals surface area contributed by atoms with Gasteiger partial charge in [-0.05, 0) is 69.7 Å². The number of hydrogen-bond donors (Lipinski definition) is 9. The first kappa shape index (κ1) is 60.3. The molecule has 11 rings (SSSR count). The number of nitrogens with zero attached hydrogens (tertiary/aromatic N) is 9. The molecule has 4 aromatic heterocycles. The maximum Gasteiger partial charge on any atom is 0.500 e. The lowest BCUT2D eigenvalue weighted by Crippen LogP contribution is -2.46. The summed E-state index contributed by atoms with van der Waals surface area (Å²) in [5.74, 6) is -2.05. The number of nitrogens with one attached hydrogen (secondary N) is 4. The van der Waals surface area contributed by atoms with Crippen molar-refractivity contribution in [1.29, 1.82) is 0 Å². The summed E-state index contributed by atoms with van der Waals surface area (Å²) in [6.07, 6.45) is 0.594. The van der Waals surface area contributed by atoms with Gasteiger partial charge >= 0.3 is 8.80 Å². The van der Waals surface area contributed by atoms with Gasteiger partial charge in [-0.15, -0.1) is 0 Å². The number of aromatic amines is 2. The number of aryl methyl sites for hydroxylation is 1. The first-order chi connectivity index (χ1) is 41.1. The van der Waals surface area contributed by atoms with Crippen molar-refractivity contribution >= 4 is 127 Å². The van der Waals surface area contributed by atoms with Crippen LogP contribution in [-0.2, 0) is 70.2 Å². The van der Waals surface area contributed by atoms with E-state index in [1.54, 1.807) is 0 Å². The van der Waals surface area contributed by atoms with Crippen LogP contribution in [-0.4, -0.2) is 144 Å². The average Bonchev–Trinajstić information content (AvgIpc) is 1.65. The summed E-state index contributed by atoms with van der Waals surface area (Å²) in [6.45, 7) is 6.46. The van der Waals surface area contributed by atoms with E-state index in [0.717, 1.165) is 42.5 Å². The Morgan fingerprint density at radius 1 is 0.506 bits per heavy atom. The predicted octanol–water partition coefficient (Wildman–Crippen LogP) is 6.15. The minimum atomic E-state index is -5.11. The molecular formula is C50H46N14O17S5Si. The number of hydrogen-bond acceptors (Lipinski definition) is 24. The van der Waals surface area contributed by atoms with Crippen LogP contribution in [0.25, 0.3) is 89.7 Å². The molecule has 0 unspecified atom stereocenters. The molecule has 0 saturated heterocycles. The quantitative estimate of drug-likeness (QED) is 0.0324. The molecule has 2 aliphatic heterocycles. The van der Waals surface area contributed by atoms with Crippen molar-refractivity contribution in [2.75, 3.05) is 35.6 Å². The molecule has 0 fully saturated rings. The number of nitrogens with two attached hydrogens (primary N) is 1. The lowest BCUT2D eigenvalue weighted by molar-refractivity contribution is 0.0708. The second kappa shape index (κ2) is 22.4. The molecule has 2 aliphatic rings. The molecule has 0 atom stereocenters. The summed E-state index contributed by atoms with van der Waals surface area (Å²) in [7, 11) is -28.4. The summed E-state index contributed by atoms with van der Waals surface area (Å²) in [5.41, 5.74) is 3.25. The smallest absolute Gasteiger partial charge is 0.374 e. The van der Waals surface area contributed by atoms with E-state index in [2.05, 4.69) is 59.9 Å². The van der Waals surface area contributed by atoms with E-state index in [9.17, 15) is 51.9 Å². The van der Waals surface area contributed by atoms with Crippen molar-refractivity contribution in [2.24, 2.45) is 0 Å². The summed E-state index contributed by atoms with van der Waals surface area (Å²) < 4.78 is 196. The number of sulfonamides is 1. The third kappa shape index (κ3) is 11.7. The molecule has 452 valence electrons. The molecule has 6 heterocycles. The Bertz CT molecular complexity index is 5100. The monoisotopic (exact) mass is 1300 g/mol. The third-order valence-corrected chi connectivity index (χ3v) is 21.5. The van der Waals surface area contributed by atoms with Crippen molar-refractivity contribution < 1.29 is 73.6 Å². The molecule has 31 nitrogen and oxygen atoms in total. The minimum Gasteiger partial charge on any atom is -0.374 e. The van der Waals surface area contributed by atoms with Gasteiger partial charge in [0.1, 0.15) is 48.0 Å². The van der Waals surface area contributed by atoms with Gasteiger partial charge in [-0.25, -0.2) is 38.3 Å². The van der Waals surface area contributed by atoms with Gasteiger partial charge in [-0.2, -0.15) is 48.6 Å². The second-order valence-corrected chi connectivity index (χ2v) is 28.9. The van der Waals surface area contributed by atoms with Crippen molar-refractivity contribution in [3.8, 4) is 45.6 Å². The maximum absolute atomic E-state index is 15.0. The highest BCUT2D eigenvalue weighted by molar-refractivity contribution is 7.93. The molecule has 0 amide bonds. The van der Waals surface area contributed by atoms with Crippen LogP contribution >= 0.6 is 0 Å². The van der Waals surface area contributed by atoms with Crippen molar-refractivity contribution in [3.05, 3.63) is 96.8 Å². The fourth-order valence-electron chi connectivity index (χ4n) is 10.0. The molecule has 0 saturated carbocycles. The van der Waals surface area contributed by atoms with Crippen LogP contribution in [0.3, 0.4) is 0 Å². The predicted molar refractivity (Wildman–Crippen MR) is 314 cm³/mol. The lowest BCUT2D eigenvalue weighted by Gasteiger charge is -2.28. The van der Waals surface area contributed by atoms with E-state index >= 15 is 8.42 Å². The van der Waals surface area contributed by atoms with E-state index in [4.69, 9.17) is 24.0 Å². The average molecular weight is 1300 g/mol. The van der Waals surface area contributed by atoms with Crippen LogP contribution in [0.2, 0.25) is 6.04 Å². The molecule has 0 aliphatic carbocycles. The largest absolute Gasteiger partial charge is 0.500 e. The Kier molecular flexibility index (Phi) is 15.5. The fourth-order valence-corrected chi connectivity index (χ4v) is 16.7. The number of H-pyrrole nitrogens is 2. The van der Waals surface area contributed by atoms with E-state index in [1.165, 1.54) is 48.5 Å². The van der Waals surface area contributed by atoms with Gasteiger partial charge in [-0.3, -0.25) is 22.9 Å². The molecule has 87 heavy (non-hydrogen) atoms. The van der Waals surface area contributed by atoms with E-state index in [1.807, 2.05) is 20.8 Å². The standard InChI is InChI=1S/C50H46N14O17S5Si/c1-4-79-87(80-5-2,81-6-3)23-11-20-36-53-49(51)63-50(54-36)52-30-24-25(21-22-31(30)83(67,68)69)64-82(65,66)32-16-7-12-26-37(32)45-55-41(26)57-46-39-28(14-9-18-34(39)85(73,74)75)43(59-46)61-48-40-29(15-10-19-35(40)86(76,77)78)44(62-48)60-47-38-27(42(56-45)58-47)13-8-17-33(38)84(70,71)72/h7-10,12-19,21-22,24,64H,4-6,11,20,23H2,1-3H3,(H,67,68,69)(H,70,71,72)(H,73,74,75)(H,76,77,78)(H3,51,52,53,54,63)(H2,55,56,57,58,59,60,61,62). The summed E-state index contributed by atoms with van der Waals surface area (Å²) in [6, 6.07) is 18.1. The van der Waals surface area contributed by atoms with Gasteiger partial charge in [0.05, 0.1) is 27.4 Å². The summed E-state index contributed by atoms with van der Waals surface area (Å²) in [4.78, 5) is 42.8. The Morgan fingerprint density at radius 2 is 0.966 bits per heavy atom. The van der Waals surface area contributed by atoms with Crippen LogP contribution in [0.1, 0.15) is 33.0 Å². The molecule has 37 heteroatoms. The summed E-state index contributed by atoms with van der Waals surface area (Å²) >= 11 is 0. The molecule has 0 spiro atoms. The molecule has 5 aromatic carbocycles. The van der Waals surface area contributed by atoms with Crippen molar-refractivity contribution in [3.63, 3.8) is 0 Å². The number of aromatic nitrogens is 11. The molecule has 0 radical (unpaired) electrons. The van der Waals surface area contributed by atoms with Crippen molar-refractivity contribution in [2.45, 2.75) is 64.1 Å². The van der Waals surface area contributed by atoms with Gasteiger partial charge in [0.25, 0.3) is 50.5 Å². The zero-order valence-electron chi connectivity index (χ0n) is 45.1. The molecule has 9 aromatic rings. The van der Waals surface area contributed by atoms with Gasteiger partial charge in [-0.1, -0.05) is 48.5 Å². The van der Waals surface area contributed by atoms with E-state index in [-0.39, 0.29) is 108 Å². The zero-order chi connectivity index (χ0) is 62.2. The third-order valence-electron chi connectivity index (χ3n) is 13.3. The summed E-state index contributed by atoms with van der Waals surface area (Å²) in [5, 5.41) is 2.04. The Morgan fingerprint density at radius 3 is 1.46 bits per heavy atom. The minimum absolute atomic E-state index is 0.0532. The molecular weight excluding hydrogens is 1260 g/mol. The molecule has 8 bridgehead atoms. The van der Waals surface area contributed by atoms with E-state index in [0.29, 0.717) is 32.3 Å². The van der Waals surface area contributed by atoms with Crippen LogP contribution in [0, 0.1) is 0 Å². The second-order valence-electron chi connectivity index (χ2n) is 18.9. The maximum atomic E-state index is 15.0. The Hall–Kier alpha value is -8.44. The number of benzene rings is 5. The number of anilines is 4. The lowest BCUT2D eigenvalue weighted by atomic mass is 10.1. The SMILES string of the molecule is CCO[Si](CCCc1nc(N)nc(Nc2cc(NS(=O)(=O)c3cccc4c5nc6nc(nc7[nH]c(nc8nc(nc([nH]5)c34)-c3cccc(S(=O)(=O)O)c3-8)c3cccc(S(=O)(=O)O)c73)-c3cccc(S(=O)(=O)O)c3-6)ccc2S(=O)(=O)O)n1)(OCC)OCC. The highest BCUT2D eigenvalue weighted by Crippen LogP contribution is 2.43. The first-order valence-corrected chi connectivity index (χ1v) is 34.9. The van der Waals surface area contributed by atoms with Gasteiger partial charge < -0.3 is 34.3 Å². The zero-order valence-corrected chi connectivity index (χ0v) is 50.2. The van der Waals surface area contributed by atoms with Gasteiger partial charge in [0, 0.05) is 65.0 Å². The Labute approximate surface area is 494 Å². The van der Waals surface area contributed by atoms with Crippen LogP contribution < -0.4 is 15.8 Å². The number of fused-ring (bicyclic) bond motifs is 20. The number of nitrogen functional groups attached to an aromatic ring is 1. The van der Waals surface area contributed by atoms with Gasteiger partial charge in [0.2, 0.25) is 11.9 Å². The highest BCUT2D eigenvalue weighted by Gasteiger charge is 2.40. The van der Waals surface area contributed by atoms with Crippen molar-refractivity contribution in [1.82, 2.24) is 54.8 Å². The Balaban J connectivity index is 1.11. The van der Waals surface area contributed by atoms with Crippen LogP contribution in [0.4, 0.5) is 23.3 Å². The van der Waals surface area contributed by atoms with Crippen LogP contribution in [0.5, 0.6) is 0 Å². The van der Waals surface area contributed by atoms with Crippen LogP contribution in [0.15, 0.2) is 115 Å². The normalized spacial score (nSPS) is 13.0. The topological polar surface area (TPSA) is 477 Å². The highest BCUT2D eigenvalue weighted by atomic mass is 32.2. The first-order valence-electron chi connectivity index (χ1n) is 25.7. The van der Waals surface area contributed by atoms with Gasteiger partial charge in [0.15, 0.2) is 23.3 Å². The molecule has 10 N–H and O–H groups in total.